The van der Waals surface area contributed by atoms with Gasteiger partial charge in [-0.1, -0.05) is 23.5 Å². The fraction of sp³-hybridized carbons (Fsp3) is 0.333. The van der Waals surface area contributed by atoms with E-state index in [4.69, 9.17) is 0 Å². The second-order valence-corrected chi connectivity index (χ2v) is 5.60. The van der Waals surface area contributed by atoms with E-state index >= 15 is 0 Å². The quantitative estimate of drug-likeness (QED) is 0.846. The Morgan fingerprint density at radius 2 is 2.29 bits per heavy atom. The first kappa shape index (κ1) is 11.0. The molecule has 1 aliphatic heterocycles. The highest BCUT2D eigenvalue weighted by molar-refractivity contribution is 7.80. The second-order valence-electron chi connectivity index (χ2n) is 4.22. The number of fused-ring (bicyclic) bond motifs is 1. The van der Waals surface area contributed by atoms with Crippen molar-refractivity contribution in [3.05, 3.63) is 24.3 Å². The maximum Gasteiger partial charge on any atom is 0.229 e. The maximum atomic E-state index is 11.9. The molecule has 0 radical (unpaired) electrons. The predicted octanol–water partition coefficient (Wildman–Crippen LogP) is 2.58. The van der Waals surface area contributed by atoms with E-state index in [1.54, 1.807) is 16.2 Å². The van der Waals surface area contributed by atoms with Crippen LogP contribution in [0.4, 0.5) is 5.13 Å². The van der Waals surface area contributed by atoms with Crippen molar-refractivity contribution in [3.8, 4) is 0 Å². The van der Waals surface area contributed by atoms with E-state index in [1.165, 1.54) is 0 Å². The number of anilines is 1. The first-order valence-electron chi connectivity index (χ1n) is 5.54. The highest BCUT2D eigenvalue weighted by Gasteiger charge is 2.31. The first-order chi connectivity index (χ1) is 8.28. The lowest BCUT2D eigenvalue weighted by Crippen LogP contribution is -2.24. The van der Waals surface area contributed by atoms with Crippen LogP contribution in [0.1, 0.15) is 6.42 Å². The summed E-state index contributed by atoms with van der Waals surface area (Å²) in [6.07, 6.45) is 0.597. The molecule has 1 aromatic heterocycles. The minimum absolute atomic E-state index is 0.170. The number of benzene rings is 1. The van der Waals surface area contributed by atoms with Crippen LogP contribution in [-0.4, -0.2) is 23.2 Å². The highest BCUT2D eigenvalue weighted by Crippen LogP contribution is 2.32. The van der Waals surface area contributed by atoms with Gasteiger partial charge in [-0.05, 0) is 23.8 Å². The molecule has 17 heavy (non-hydrogen) atoms. The summed E-state index contributed by atoms with van der Waals surface area (Å²) in [7, 11) is 0. The molecule has 1 fully saturated rings. The summed E-state index contributed by atoms with van der Waals surface area (Å²) in [5.74, 6) is 1.29. The molecular formula is C12H12N2OS2. The van der Waals surface area contributed by atoms with Crippen LogP contribution in [0, 0.1) is 5.92 Å². The first-order valence-corrected chi connectivity index (χ1v) is 6.99. The van der Waals surface area contributed by atoms with Gasteiger partial charge in [-0.2, -0.15) is 12.6 Å². The van der Waals surface area contributed by atoms with Gasteiger partial charge in [0.15, 0.2) is 5.13 Å². The van der Waals surface area contributed by atoms with Crippen molar-refractivity contribution in [1.29, 1.82) is 0 Å². The van der Waals surface area contributed by atoms with Crippen molar-refractivity contribution >= 4 is 45.2 Å². The zero-order valence-electron chi connectivity index (χ0n) is 9.17. The average Bonchev–Trinajstić information content (AvgIpc) is 2.91. The average molecular weight is 264 g/mol. The molecule has 5 heteroatoms. The molecule has 1 saturated heterocycles. The Kier molecular flexibility index (Phi) is 2.80. The Hall–Kier alpha value is -1.07. The molecule has 0 aliphatic carbocycles. The number of aromatic nitrogens is 1. The van der Waals surface area contributed by atoms with Gasteiger partial charge in [0.25, 0.3) is 0 Å². The van der Waals surface area contributed by atoms with Gasteiger partial charge in [0.05, 0.1) is 10.2 Å². The summed E-state index contributed by atoms with van der Waals surface area (Å²) < 4.78 is 1.13. The van der Waals surface area contributed by atoms with Crippen LogP contribution in [0.15, 0.2) is 24.3 Å². The van der Waals surface area contributed by atoms with E-state index < -0.39 is 0 Å². The van der Waals surface area contributed by atoms with Crippen molar-refractivity contribution in [2.24, 2.45) is 5.92 Å². The van der Waals surface area contributed by atoms with E-state index in [0.29, 0.717) is 12.3 Å². The molecule has 88 valence electrons. The van der Waals surface area contributed by atoms with Crippen molar-refractivity contribution in [1.82, 2.24) is 4.98 Å². The molecule has 3 rings (SSSR count). The van der Waals surface area contributed by atoms with Gasteiger partial charge < -0.3 is 0 Å². The van der Waals surface area contributed by atoms with Crippen molar-refractivity contribution < 1.29 is 4.79 Å². The molecule has 0 spiro atoms. The fourth-order valence-corrected chi connectivity index (χ4v) is 3.30. The molecule has 0 N–H and O–H groups in total. The monoisotopic (exact) mass is 264 g/mol. The van der Waals surface area contributed by atoms with Crippen LogP contribution in [0.3, 0.4) is 0 Å². The van der Waals surface area contributed by atoms with Gasteiger partial charge in [0.1, 0.15) is 0 Å². The summed E-state index contributed by atoms with van der Waals surface area (Å²) in [6, 6.07) is 7.97. The van der Waals surface area contributed by atoms with Gasteiger partial charge in [-0.3, -0.25) is 9.69 Å². The largest absolute Gasteiger partial charge is 0.288 e. The number of carbonyl (C=O) groups excluding carboxylic acids is 1. The lowest BCUT2D eigenvalue weighted by atomic mass is 10.1. The summed E-state index contributed by atoms with van der Waals surface area (Å²) in [6.45, 7) is 0.752. The van der Waals surface area contributed by atoms with Crippen LogP contribution < -0.4 is 4.90 Å². The highest BCUT2D eigenvalue weighted by atomic mass is 32.1. The molecule has 1 amide bonds. The third kappa shape index (κ3) is 1.93. The van der Waals surface area contributed by atoms with Gasteiger partial charge in [-0.25, -0.2) is 4.98 Å². The van der Waals surface area contributed by atoms with Crippen LogP contribution in [0.5, 0.6) is 0 Å². The normalized spacial score (nSPS) is 20.4. The Morgan fingerprint density at radius 1 is 1.47 bits per heavy atom. The number of thiazole rings is 1. The molecule has 3 nitrogen and oxygen atoms in total. The third-order valence-electron chi connectivity index (χ3n) is 2.98. The summed E-state index contributed by atoms with van der Waals surface area (Å²) in [4.78, 5) is 18.2. The number of thiol groups is 1. The van der Waals surface area contributed by atoms with Crippen LogP contribution in [-0.2, 0) is 4.79 Å². The van der Waals surface area contributed by atoms with E-state index in [-0.39, 0.29) is 5.91 Å². The molecular weight excluding hydrogens is 252 g/mol. The predicted molar refractivity (Wildman–Crippen MR) is 73.9 cm³/mol. The molecule has 2 heterocycles. The number of carbonyl (C=O) groups is 1. The topological polar surface area (TPSA) is 33.2 Å². The number of hydrogen-bond acceptors (Lipinski definition) is 4. The van der Waals surface area contributed by atoms with E-state index in [9.17, 15) is 4.79 Å². The van der Waals surface area contributed by atoms with Crippen molar-refractivity contribution in [2.45, 2.75) is 6.42 Å². The maximum absolute atomic E-state index is 11.9. The van der Waals surface area contributed by atoms with Gasteiger partial charge in [-0.15, -0.1) is 0 Å². The SMILES string of the molecule is O=C1CC(CS)CN1c1nc2ccccc2s1. The Balaban J connectivity index is 1.96. The second kappa shape index (κ2) is 4.31. The Bertz CT molecular complexity index is 533. The molecule has 0 bridgehead atoms. The molecule has 2 aromatic rings. The summed E-state index contributed by atoms with van der Waals surface area (Å²) in [5.41, 5.74) is 0.967. The van der Waals surface area contributed by atoms with Crippen LogP contribution in [0.25, 0.3) is 10.2 Å². The zero-order chi connectivity index (χ0) is 11.8. The molecule has 1 atom stereocenters. The standard InChI is InChI=1S/C12H12N2OS2/c15-11-5-8(7-16)6-14(11)12-13-9-3-1-2-4-10(9)17-12/h1-4,8,16H,5-7H2. The van der Waals surface area contributed by atoms with Gasteiger partial charge in [0, 0.05) is 13.0 Å². The van der Waals surface area contributed by atoms with Gasteiger partial charge >= 0.3 is 0 Å². The van der Waals surface area contributed by atoms with Crippen LogP contribution >= 0.6 is 24.0 Å². The van der Waals surface area contributed by atoms with Crippen molar-refractivity contribution in [2.75, 3.05) is 17.2 Å². The van der Waals surface area contributed by atoms with E-state index in [1.807, 2.05) is 24.3 Å². The van der Waals surface area contributed by atoms with E-state index in [2.05, 4.69) is 17.6 Å². The number of rotatable bonds is 2. The van der Waals surface area contributed by atoms with Gasteiger partial charge in [0.2, 0.25) is 5.91 Å². The lowest BCUT2D eigenvalue weighted by molar-refractivity contribution is -0.117. The summed E-state index contributed by atoms with van der Waals surface area (Å²) in [5, 5.41) is 0.820. The third-order valence-corrected chi connectivity index (χ3v) is 4.55. The number of nitrogens with zero attached hydrogens (tertiary/aromatic N) is 2. The van der Waals surface area contributed by atoms with Crippen molar-refractivity contribution in [3.63, 3.8) is 0 Å². The van der Waals surface area contributed by atoms with Crippen LogP contribution in [0.2, 0.25) is 0 Å². The minimum Gasteiger partial charge on any atom is -0.288 e. The zero-order valence-corrected chi connectivity index (χ0v) is 10.9. The number of hydrogen-bond donors (Lipinski definition) is 1. The smallest absolute Gasteiger partial charge is 0.229 e. The fourth-order valence-electron chi connectivity index (χ4n) is 2.06. The molecule has 1 unspecified atom stereocenters. The molecule has 1 aromatic carbocycles. The lowest BCUT2D eigenvalue weighted by Gasteiger charge is -2.11. The summed E-state index contributed by atoms with van der Waals surface area (Å²) >= 11 is 5.84. The minimum atomic E-state index is 0.170. The Morgan fingerprint density at radius 3 is 3.00 bits per heavy atom. The molecule has 0 saturated carbocycles. The van der Waals surface area contributed by atoms with E-state index in [0.717, 1.165) is 27.6 Å². The Labute approximate surface area is 109 Å². The molecule has 1 aliphatic rings. The number of amides is 1. The number of para-hydroxylation sites is 1.